The van der Waals surface area contributed by atoms with Gasteiger partial charge >= 0.3 is 0 Å². The summed E-state index contributed by atoms with van der Waals surface area (Å²) in [5.41, 5.74) is 4.26. The molecule has 0 aromatic heterocycles. The van der Waals surface area contributed by atoms with Crippen molar-refractivity contribution in [3.8, 4) is 11.1 Å². The van der Waals surface area contributed by atoms with Gasteiger partial charge in [-0.05, 0) is 54.2 Å². The normalized spacial score (nSPS) is 14.6. The summed E-state index contributed by atoms with van der Waals surface area (Å²) < 4.78 is 13.4. The van der Waals surface area contributed by atoms with Crippen LogP contribution >= 0.6 is 0 Å². The Labute approximate surface area is 113 Å². The van der Waals surface area contributed by atoms with Gasteiger partial charge in [0.1, 0.15) is 5.82 Å². The molecule has 1 fully saturated rings. The fourth-order valence-electron chi connectivity index (χ4n) is 2.31. The van der Waals surface area contributed by atoms with E-state index in [0.29, 0.717) is 11.6 Å². The van der Waals surface area contributed by atoms with E-state index in [4.69, 9.17) is 0 Å². The van der Waals surface area contributed by atoms with Crippen LogP contribution in [0.3, 0.4) is 0 Å². The van der Waals surface area contributed by atoms with Gasteiger partial charge in [0, 0.05) is 12.6 Å². The molecule has 2 heteroatoms. The zero-order chi connectivity index (χ0) is 13.2. The molecule has 0 radical (unpaired) electrons. The number of aryl methyl sites for hydroxylation is 1. The molecule has 1 saturated carbocycles. The molecule has 0 aliphatic heterocycles. The largest absolute Gasteiger partial charge is 0.310 e. The number of hydrogen-bond acceptors (Lipinski definition) is 1. The Morgan fingerprint density at radius 2 is 1.95 bits per heavy atom. The summed E-state index contributed by atoms with van der Waals surface area (Å²) in [4.78, 5) is 0. The molecule has 1 aliphatic rings. The minimum absolute atomic E-state index is 0.141. The van der Waals surface area contributed by atoms with Crippen LogP contribution in [0.2, 0.25) is 0 Å². The molecule has 0 spiro atoms. The van der Waals surface area contributed by atoms with Gasteiger partial charge in [-0.1, -0.05) is 30.3 Å². The monoisotopic (exact) mass is 255 g/mol. The highest BCUT2D eigenvalue weighted by Gasteiger charge is 2.20. The number of rotatable bonds is 4. The summed E-state index contributed by atoms with van der Waals surface area (Å²) in [5.74, 6) is -0.141. The van der Waals surface area contributed by atoms with Gasteiger partial charge in [0.2, 0.25) is 0 Å². The highest BCUT2D eigenvalue weighted by Crippen LogP contribution is 2.26. The first-order chi connectivity index (χ1) is 9.24. The zero-order valence-electron chi connectivity index (χ0n) is 11.1. The maximum Gasteiger partial charge on any atom is 0.126 e. The second-order valence-electron chi connectivity index (χ2n) is 5.28. The van der Waals surface area contributed by atoms with E-state index in [2.05, 4.69) is 23.5 Å². The molecule has 2 aromatic carbocycles. The van der Waals surface area contributed by atoms with Crippen molar-refractivity contribution >= 4 is 0 Å². The minimum Gasteiger partial charge on any atom is -0.310 e. The molecular weight excluding hydrogens is 237 g/mol. The number of hydrogen-bond donors (Lipinski definition) is 1. The van der Waals surface area contributed by atoms with E-state index in [1.54, 1.807) is 6.07 Å². The Hall–Kier alpha value is -1.67. The Kier molecular flexibility index (Phi) is 3.34. The van der Waals surface area contributed by atoms with Gasteiger partial charge in [-0.3, -0.25) is 0 Å². The van der Waals surface area contributed by atoms with Crippen LogP contribution in [0.4, 0.5) is 4.39 Å². The number of nitrogens with one attached hydrogen (secondary N) is 1. The maximum absolute atomic E-state index is 13.4. The topological polar surface area (TPSA) is 12.0 Å². The van der Waals surface area contributed by atoms with Crippen molar-refractivity contribution in [1.82, 2.24) is 5.32 Å². The molecular formula is C17H18FN. The molecule has 19 heavy (non-hydrogen) atoms. The van der Waals surface area contributed by atoms with E-state index >= 15 is 0 Å². The molecule has 0 amide bonds. The summed E-state index contributed by atoms with van der Waals surface area (Å²) in [6.07, 6.45) is 2.58. The van der Waals surface area contributed by atoms with Gasteiger partial charge in [-0.2, -0.15) is 0 Å². The van der Waals surface area contributed by atoms with Gasteiger partial charge < -0.3 is 5.32 Å². The molecule has 98 valence electrons. The molecule has 0 bridgehead atoms. The van der Waals surface area contributed by atoms with Crippen LogP contribution < -0.4 is 5.32 Å². The first-order valence-electron chi connectivity index (χ1n) is 6.82. The highest BCUT2D eigenvalue weighted by atomic mass is 19.1. The van der Waals surface area contributed by atoms with Crippen molar-refractivity contribution in [1.29, 1.82) is 0 Å². The average Bonchev–Trinajstić information content (AvgIpc) is 3.24. The summed E-state index contributed by atoms with van der Waals surface area (Å²) in [7, 11) is 0. The van der Waals surface area contributed by atoms with Crippen LogP contribution in [-0.2, 0) is 6.54 Å². The van der Waals surface area contributed by atoms with E-state index in [0.717, 1.165) is 12.1 Å². The standard InChI is InChI=1S/C17H18FN/c1-12-10-13(6-9-17(12)18)16-5-3-2-4-14(16)11-19-15-7-8-15/h2-6,9-10,15,19H,7-8,11H2,1H3. The zero-order valence-corrected chi connectivity index (χ0v) is 11.1. The lowest BCUT2D eigenvalue weighted by Gasteiger charge is -2.11. The third-order valence-electron chi connectivity index (χ3n) is 3.64. The molecule has 0 unspecified atom stereocenters. The van der Waals surface area contributed by atoms with Crippen molar-refractivity contribution < 1.29 is 4.39 Å². The Balaban J connectivity index is 1.91. The lowest BCUT2D eigenvalue weighted by atomic mass is 9.98. The first-order valence-corrected chi connectivity index (χ1v) is 6.82. The third kappa shape index (κ3) is 2.85. The van der Waals surface area contributed by atoms with Crippen molar-refractivity contribution in [2.45, 2.75) is 32.4 Å². The van der Waals surface area contributed by atoms with Crippen LogP contribution in [0.1, 0.15) is 24.0 Å². The highest BCUT2D eigenvalue weighted by molar-refractivity contribution is 5.68. The van der Waals surface area contributed by atoms with E-state index < -0.39 is 0 Å². The lowest BCUT2D eigenvalue weighted by Crippen LogP contribution is -2.15. The number of benzene rings is 2. The van der Waals surface area contributed by atoms with Crippen LogP contribution in [0.15, 0.2) is 42.5 Å². The van der Waals surface area contributed by atoms with Crippen molar-refractivity contribution in [3.05, 3.63) is 59.4 Å². The lowest BCUT2D eigenvalue weighted by molar-refractivity contribution is 0.619. The summed E-state index contributed by atoms with van der Waals surface area (Å²) >= 11 is 0. The van der Waals surface area contributed by atoms with E-state index in [9.17, 15) is 4.39 Å². The van der Waals surface area contributed by atoms with E-state index in [-0.39, 0.29) is 5.82 Å². The van der Waals surface area contributed by atoms with Gasteiger partial charge in [0.25, 0.3) is 0 Å². The molecule has 1 N–H and O–H groups in total. The second kappa shape index (κ2) is 5.14. The van der Waals surface area contributed by atoms with Gasteiger partial charge in [-0.25, -0.2) is 4.39 Å². The SMILES string of the molecule is Cc1cc(-c2ccccc2CNC2CC2)ccc1F. The van der Waals surface area contributed by atoms with Crippen LogP contribution in [0.25, 0.3) is 11.1 Å². The quantitative estimate of drug-likeness (QED) is 0.869. The maximum atomic E-state index is 13.4. The Morgan fingerprint density at radius 3 is 2.68 bits per heavy atom. The summed E-state index contributed by atoms with van der Waals surface area (Å²) in [6.45, 7) is 2.70. The van der Waals surface area contributed by atoms with E-state index in [1.165, 1.54) is 24.0 Å². The summed E-state index contributed by atoms with van der Waals surface area (Å²) in [6, 6.07) is 14.4. The number of halogens is 1. The molecule has 0 atom stereocenters. The van der Waals surface area contributed by atoms with Crippen LogP contribution in [0.5, 0.6) is 0 Å². The second-order valence-corrected chi connectivity index (χ2v) is 5.28. The predicted octanol–water partition coefficient (Wildman–Crippen LogP) is 4.05. The predicted molar refractivity (Wildman–Crippen MR) is 76.4 cm³/mol. The molecule has 0 heterocycles. The van der Waals surface area contributed by atoms with Crippen LogP contribution in [0, 0.1) is 12.7 Å². The molecule has 1 nitrogen and oxygen atoms in total. The fourth-order valence-corrected chi connectivity index (χ4v) is 2.31. The van der Waals surface area contributed by atoms with Gasteiger partial charge in [0.15, 0.2) is 0 Å². The molecule has 1 aliphatic carbocycles. The van der Waals surface area contributed by atoms with Crippen molar-refractivity contribution in [2.24, 2.45) is 0 Å². The molecule has 2 aromatic rings. The van der Waals surface area contributed by atoms with Gasteiger partial charge in [-0.15, -0.1) is 0 Å². The molecule has 3 rings (SSSR count). The fraction of sp³-hybridized carbons (Fsp3) is 0.294. The third-order valence-corrected chi connectivity index (χ3v) is 3.64. The Morgan fingerprint density at radius 1 is 1.16 bits per heavy atom. The van der Waals surface area contributed by atoms with Crippen molar-refractivity contribution in [2.75, 3.05) is 0 Å². The average molecular weight is 255 g/mol. The van der Waals surface area contributed by atoms with E-state index in [1.807, 2.05) is 25.1 Å². The Bertz CT molecular complexity index is 588. The minimum atomic E-state index is -0.141. The first kappa shape index (κ1) is 12.4. The van der Waals surface area contributed by atoms with Gasteiger partial charge in [0.05, 0.1) is 0 Å². The van der Waals surface area contributed by atoms with Crippen molar-refractivity contribution in [3.63, 3.8) is 0 Å². The molecule has 0 saturated heterocycles. The smallest absolute Gasteiger partial charge is 0.126 e. The summed E-state index contributed by atoms with van der Waals surface area (Å²) in [5, 5.41) is 3.53. The van der Waals surface area contributed by atoms with Crippen LogP contribution in [-0.4, -0.2) is 6.04 Å².